The molecule has 1 amide bonds. The molecule has 0 aliphatic carbocycles. The van der Waals surface area contributed by atoms with Gasteiger partial charge in [0, 0.05) is 26.4 Å². The van der Waals surface area contributed by atoms with Crippen LogP contribution in [-0.2, 0) is 4.74 Å². The van der Waals surface area contributed by atoms with Crippen LogP contribution < -0.4 is 10.6 Å². The third kappa shape index (κ3) is 4.71. The highest BCUT2D eigenvalue weighted by Gasteiger charge is 2.07. The zero-order valence-electron chi connectivity index (χ0n) is 11.2. The first-order chi connectivity index (χ1) is 8.67. The molecule has 0 saturated carbocycles. The van der Waals surface area contributed by atoms with Crippen LogP contribution in [0.4, 0.5) is 5.82 Å². The van der Waals surface area contributed by atoms with Crippen LogP contribution >= 0.6 is 0 Å². The molecule has 1 aromatic heterocycles. The Morgan fingerprint density at radius 1 is 1.50 bits per heavy atom. The van der Waals surface area contributed by atoms with Crippen molar-refractivity contribution >= 4 is 11.7 Å². The minimum absolute atomic E-state index is 0.00685. The number of methoxy groups -OCH3 is 1. The summed E-state index contributed by atoms with van der Waals surface area (Å²) in [6.07, 6.45) is 2.62. The van der Waals surface area contributed by atoms with Gasteiger partial charge in [0.05, 0.1) is 11.7 Å². The fraction of sp³-hybridized carbons (Fsp3) is 0.538. The second-order valence-corrected chi connectivity index (χ2v) is 4.12. The van der Waals surface area contributed by atoms with Crippen molar-refractivity contribution < 1.29 is 9.53 Å². The van der Waals surface area contributed by atoms with Crippen molar-refractivity contribution in [1.82, 2.24) is 10.3 Å². The van der Waals surface area contributed by atoms with Crippen LogP contribution in [0.5, 0.6) is 0 Å². The summed E-state index contributed by atoms with van der Waals surface area (Å²) >= 11 is 0. The van der Waals surface area contributed by atoms with E-state index in [1.165, 1.54) is 0 Å². The number of carbonyl (C=O) groups is 1. The average molecular weight is 251 g/mol. The smallest absolute Gasteiger partial charge is 0.252 e. The third-order valence-electron chi connectivity index (χ3n) is 2.53. The number of amides is 1. The molecule has 5 heteroatoms. The second-order valence-electron chi connectivity index (χ2n) is 4.12. The predicted octanol–water partition coefficient (Wildman–Crippen LogP) is 1.67. The number of nitrogens with one attached hydrogen (secondary N) is 2. The topological polar surface area (TPSA) is 63.2 Å². The zero-order valence-corrected chi connectivity index (χ0v) is 11.2. The fourth-order valence-corrected chi connectivity index (χ4v) is 1.31. The van der Waals surface area contributed by atoms with Gasteiger partial charge in [0.25, 0.3) is 5.91 Å². The number of nitrogens with zero attached hydrogens (tertiary/aromatic N) is 1. The largest absolute Gasteiger partial charge is 0.380 e. The molecule has 0 aliphatic heterocycles. The number of rotatable bonds is 7. The van der Waals surface area contributed by atoms with E-state index in [-0.39, 0.29) is 12.0 Å². The SMILES string of the molecule is CCCNc1ccc(C(=O)NCC(C)OC)cn1. The molecule has 1 unspecified atom stereocenters. The van der Waals surface area contributed by atoms with Gasteiger partial charge >= 0.3 is 0 Å². The van der Waals surface area contributed by atoms with Crippen molar-refractivity contribution in [3.05, 3.63) is 23.9 Å². The van der Waals surface area contributed by atoms with Crippen molar-refractivity contribution in [2.45, 2.75) is 26.4 Å². The maximum Gasteiger partial charge on any atom is 0.252 e. The van der Waals surface area contributed by atoms with Crippen molar-refractivity contribution in [2.24, 2.45) is 0 Å². The van der Waals surface area contributed by atoms with Gasteiger partial charge in [-0.05, 0) is 25.5 Å². The van der Waals surface area contributed by atoms with E-state index in [0.717, 1.165) is 18.8 Å². The lowest BCUT2D eigenvalue weighted by atomic mass is 10.2. The van der Waals surface area contributed by atoms with E-state index in [9.17, 15) is 4.79 Å². The van der Waals surface area contributed by atoms with Crippen molar-refractivity contribution in [2.75, 3.05) is 25.5 Å². The molecule has 0 fully saturated rings. The Bertz CT molecular complexity index is 365. The Morgan fingerprint density at radius 2 is 2.28 bits per heavy atom. The Balaban J connectivity index is 2.48. The van der Waals surface area contributed by atoms with E-state index in [4.69, 9.17) is 4.74 Å². The molecule has 18 heavy (non-hydrogen) atoms. The normalized spacial score (nSPS) is 11.9. The van der Waals surface area contributed by atoms with E-state index < -0.39 is 0 Å². The molecule has 100 valence electrons. The van der Waals surface area contributed by atoms with Crippen molar-refractivity contribution in [3.63, 3.8) is 0 Å². The molecule has 1 atom stereocenters. The first-order valence-corrected chi connectivity index (χ1v) is 6.18. The molecule has 0 saturated heterocycles. The fourth-order valence-electron chi connectivity index (χ4n) is 1.31. The summed E-state index contributed by atoms with van der Waals surface area (Å²) in [6.45, 7) is 5.36. The number of carbonyl (C=O) groups excluding carboxylic acids is 1. The van der Waals surface area contributed by atoms with Crippen LogP contribution in [0.3, 0.4) is 0 Å². The van der Waals surface area contributed by atoms with E-state index in [2.05, 4.69) is 22.5 Å². The zero-order chi connectivity index (χ0) is 13.4. The number of pyridine rings is 1. The first-order valence-electron chi connectivity index (χ1n) is 6.18. The lowest BCUT2D eigenvalue weighted by molar-refractivity contribution is 0.0870. The molecule has 0 spiro atoms. The molecular formula is C13H21N3O2. The monoisotopic (exact) mass is 251 g/mol. The summed E-state index contributed by atoms with van der Waals surface area (Å²) in [5.74, 6) is 0.659. The van der Waals surface area contributed by atoms with Crippen LogP contribution in [0, 0.1) is 0 Å². The van der Waals surface area contributed by atoms with Gasteiger partial charge in [-0.2, -0.15) is 0 Å². The van der Waals surface area contributed by atoms with E-state index in [1.54, 1.807) is 19.4 Å². The highest BCUT2D eigenvalue weighted by Crippen LogP contribution is 2.05. The molecule has 2 N–H and O–H groups in total. The second kappa shape index (κ2) is 7.66. The molecule has 0 aromatic carbocycles. The quantitative estimate of drug-likeness (QED) is 0.773. The molecular weight excluding hydrogens is 230 g/mol. The van der Waals surface area contributed by atoms with Gasteiger partial charge in [0.1, 0.15) is 5.82 Å². The summed E-state index contributed by atoms with van der Waals surface area (Å²) in [4.78, 5) is 15.9. The maximum atomic E-state index is 11.8. The number of hydrogen-bond acceptors (Lipinski definition) is 4. The lowest BCUT2D eigenvalue weighted by Gasteiger charge is -2.10. The lowest BCUT2D eigenvalue weighted by Crippen LogP contribution is -2.31. The minimum Gasteiger partial charge on any atom is -0.380 e. The summed E-state index contributed by atoms with van der Waals surface area (Å²) in [5.41, 5.74) is 0.556. The van der Waals surface area contributed by atoms with Gasteiger partial charge in [0.2, 0.25) is 0 Å². The van der Waals surface area contributed by atoms with Gasteiger partial charge in [-0.1, -0.05) is 6.92 Å². The Labute approximate surface area is 108 Å². The number of aromatic nitrogens is 1. The molecule has 1 aromatic rings. The summed E-state index contributed by atoms with van der Waals surface area (Å²) in [6, 6.07) is 3.57. The molecule has 0 bridgehead atoms. The minimum atomic E-state index is -0.131. The summed E-state index contributed by atoms with van der Waals surface area (Å²) in [5, 5.41) is 5.94. The summed E-state index contributed by atoms with van der Waals surface area (Å²) < 4.78 is 5.06. The highest BCUT2D eigenvalue weighted by atomic mass is 16.5. The van der Waals surface area contributed by atoms with Crippen LogP contribution in [0.25, 0.3) is 0 Å². The number of hydrogen-bond donors (Lipinski definition) is 2. The molecule has 1 heterocycles. The predicted molar refractivity (Wildman–Crippen MR) is 71.8 cm³/mol. The van der Waals surface area contributed by atoms with Gasteiger partial charge in [-0.3, -0.25) is 4.79 Å². The van der Waals surface area contributed by atoms with Gasteiger partial charge in [-0.25, -0.2) is 4.98 Å². The number of anilines is 1. The Kier molecular flexibility index (Phi) is 6.14. The molecule has 5 nitrogen and oxygen atoms in total. The molecule has 1 rings (SSSR count). The first kappa shape index (κ1) is 14.4. The Hall–Kier alpha value is -1.62. The van der Waals surface area contributed by atoms with E-state index in [1.807, 2.05) is 13.0 Å². The van der Waals surface area contributed by atoms with Crippen LogP contribution in [0.2, 0.25) is 0 Å². The summed E-state index contributed by atoms with van der Waals surface area (Å²) in [7, 11) is 1.62. The van der Waals surface area contributed by atoms with E-state index in [0.29, 0.717) is 12.1 Å². The molecule has 0 aliphatic rings. The van der Waals surface area contributed by atoms with Crippen LogP contribution in [-0.4, -0.2) is 37.2 Å². The maximum absolute atomic E-state index is 11.8. The van der Waals surface area contributed by atoms with Crippen LogP contribution in [0.1, 0.15) is 30.6 Å². The molecule has 0 radical (unpaired) electrons. The van der Waals surface area contributed by atoms with Gasteiger partial charge in [-0.15, -0.1) is 0 Å². The van der Waals surface area contributed by atoms with E-state index >= 15 is 0 Å². The van der Waals surface area contributed by atoms with Crippen molar-refractivity contribution in [3.8, 4) is 0 Å². The Morgan fingerprint density at radius 3 is 2.83 bits per heavy atom. The highest BCUT2D eigenvalue weighted by molar-refractivity contribution is 5.94. The van der Waals surface area contributed by atoms with Gasteiger partial charge < -0.3 is 15.4 Å². The van der Waals surface area contributed by atoms with Crippen LogP contribution in [0.15, 0.2) is 18.3 Å². The van der Waals surface area contributed by atoms with Crippen molar-refractivity contribution in [1.29, 1.82) is 0 Å². The standard InChI is InChI=1S/C13H21N3O2/c1-4-7-14-12-6-5-11(9-15-12)13(17)16-8-10(2)18-3/h5-6,9-10H,4,7-8H2,1-3H3,(H,14,15)(H,16,17). The number of ether oxygens (including phenoxy) is 1. The average Bonchev–Trinajstić information content (AvgIpc) is 2.42. The third-order valence-corrected chi connectivity index (χ3v) is 2.53. The van der Waals surface area contributed by atoms with Gasteiger partial charge in [0.15, 0.2) is 0 Å².